The Balaban J connectivity index is 3.16. The van der Waals surface area contributed by atoms with Crippen molar-refractivity contribution < 1.29 is 9.90 Å². The number of rotatable bonds is 4. The third kappa shape index (κ3) is 2.46. The zero-order valence-electron chi connectivity index (χ0n) is 9.27. The van der Waals surface area contributed by atoms with Gasteiger partial charge in [0, 0.05) is 25.9 Å². The summed E-state index contributed by atoms with van der Waals surface area (Å²) in [6.07, 6.45) is 2.25. The second-order valence-corrected chi connectivity index (χ2v) is 3.61. The van der Waals surface area contributed by atoms with Gasteiger partial charge < -0.3 is 10.0 Å². The molecule has 0 bridgehead atoms. The summed E-state index contributed by atoms with van der Waals surface area (Å²) < 4.78 is 0. The summed E-state index contributed by atoms with van der Waals surface area (Å²) in [7, 11) is 3.72. The van der Waals surface area contributed by atoms with E-state index in [1.807, 2.05) is 32.0 Å². The Morgan fingerprint density at radius 3 is 2.73 bits per heavy atom. The summed E-state index contributed by atoms with van der Waals surface area (Å²) in [5.41, 5.74) is 0.775. The fraction of sp³-hybridized carbons (Fsp3) is 0.455. The Morgan fingerprint density at radius 1 is 1.60 bits per heavy atom. The Morgan fingerprint density at radius 2 is 2.27 bits per heavy atom. The minimum atomic E-state index is -0.798. The molecular formula is C11H16N2O2. The van der Waals surface area contributed by atoms with E-state index in [9.17, 15) is 4.79 Å². The van der Waals surface area contributed by atoms with E-state index >= 15 is 0 Å². The number of carboxylic acids is 1. The van der Waals surface area contributed by atoms with Gasteiger partial charge in [-0.05, 0) is 12.5 Å². The topological polar surface area (TPSA) is 53.4 Å². The van der Waals surface area contributed by atoms with Crippen LogP contribution in [0.4, 0.5) is 5.82 Å². The van der Waals surface area contributed by atoms with Crippen molar-refractivity contribution in [1.29, 1.82) is 0 Å². The Bertz CT molecular complexity index is 350. The molecule has 1 heterocycles. The van der Waals surface area contributed by atoms with Gasteiger partial charge in [0.05, 0.1) is 5.92 Å². The number of carboxylic acid groups (broad SMARTS) is 1. The molecule has 0 aliphatic carbocycles. The van der Waals surface area contributed by atoms with Gasteiger partial charge in [-0.15, -0.1) is 0 Å². The third-order valence-corrected chi connectivity index (χ3v) is 2.32. The number of pyridine rings is 1. The largest absolute Gasteiger partial charge is 0.481 e. The predicted octanol–water partition coefficient (Wildman–Crippen LogP) is 1.73. The first kappa shape index (κ1) is 11.5. The molecule has 1 unspecified atom stereocenters. The van der Waals surface area contributed by atoms with E-state index in [4.69, 9.17) is 5.11 Å². The quantitative estimate of drug-likeness (QED) is 0.818. The van der Waals surface area contributed by atoms with Crippen LogP contribution in [0.3, 0.4) is 0 Å². The van der Waals surface area contributed by atoms with E-state index in [1.165, 1.54) is 0 Å². The van der Waals surface area contributed by atoms with E-state index in [0.29, 0.717) is 6.42 Å². The van der Waals surface area contributed by atoms with E-state index in [0.717, 1.165) is 11.4 Å². The van der Waals surface area contributed by atoms with Crippen LogP contribution in [0.15, 0.2) is 18.3 Å². The minimum absolute atomic E-state index is 0.476. The van der Waals surface area contributed by atoms with Crippen molar-refractivity contribution in [3.05, 3.63) is 23.9 Å². The highest BCUT2D eigenvalue weighted by molar-refractivity contribution is 5.78. The number of aliphatic carboxylic acids is 1. The number of hydrogen-bond acceptors (Lipinski definition) is 3. The van der Waals surface area contributed by atoms with Crippen LogP contribution in [0.2, 0.25) is 0 Å². The highest BCUT2D eigenvalue weighted by atomic mass is 16.4. The lowest BCUT2D eigenvalue weighted by Crippen LogP contribution is -2.18. The number of aromatic nitrogens is 1. The van der Waals surface area contributed by atoms with Gasteiger partial charge >= 0.3 is 5.97 Å². The fourth-order valence-electron chi connectivity index (χ4n) is 1.58. The normalized spacial score (nSPS) is 12.2. The van der Waals surface area contributed by atoms with Crippen LogP contribution in [0.1, 0.15) is 24.8 Å². The molecule has 0 saturated heterocycles. The second-order valence-electron chi connectivity index (χ2n) is 3.61. The fourth-order valence-corrected chi connectivity index (χ4v) is 1.58. The van der Waals surface area contributed by atoms with Crippen LogP contribution in [-0.4, -0.2) is 30.2 Å². The summed E-state index contributed by atoms with van der Waals surface area (Å²) >= 11 is 0. The number of nitrogens with zero attached hydrogens (tertiary/aromatic N) is 2. The van der Waals surface area contributed by atoms with Crippen molar-refractivity contribution in [2.24, 2.45) is 0 Å². The zero-order chi connectivity index (χ0) is 11.4. The molecule has 15 heavy (non-hydrogen) atoms. The maximum absolute atomic E-state index is 11.1. The van der Waals surface area contributed by atoms with Crippen LogP contribution >= 0.6 is 0 Å². The average Bonchev–Trinajstić information content (AvgIpc) is 2.18. The molecule has 1 rings (SSSR count). The molecule has 1 aromatic rings. The molecule has 0 spiro atoms. The summed E-state index contributed by atoms with van der Waals surface area (Å²) in [6, 6.07) is 3.60. The van der Waals surface area contributed by atoms with Crippen LogP contribution in [-0.2, 0) is 4.79 Å². The van der Waals surface area contributed by atoms with Crippen LogP contribution in [0, 0.1) is 0 Å². The summed E-state index contributed by atoms with van der Waals surface area (Å²) in [4.78, 5) is 17.1. The number of anilines is 1. The Labute approximate surface area is 89.6 Å². The van der Waals surface area contributed by atoms with Crippen LogP contribution in [0.25, 0.3) is 0 Å². The van der Waals surface area contributed by atoms with Gasteiger partial charge in [0.1, 0.15) is 5.82 Å². The molecule has 1 N–H and O–H groups in total. The molecular weight excluding hydrogens is 192 g/mol. The van der Waals surface area contributed by atoms with Gasteiger partial charge in [-0.1, -0.05) is 13.0 Å². The Kier molecular flexibility index (Phi) is 3.66. The van der Waals surface area contributed by atoms with E-state index in [2.05, 4.69) is 4.98 Å². The van der Waals surface area contributed by atoms with Crippen molar-refractivity contribution >= 4 is 11.8 Å². The molecule has 0 aliphatic heterocycles. The van der Waals surface area contributed by atoms with Crippen molar-refractivity contribution in [1.82, 2.24) is 4.98 Å². The van der Waals surface area contributed by atoms with Gasteiger partial charge in [0.15, 0.2) is 0 Å². The van der Waals surface area contributed by atoms with E-state index in [-0.39, 0.29) is 0 Å². The van der Waals surface area contributed by atoms with E-state index in [1.54, 1.807) is 12.3 Å². The molecule has 82 valence electrons. The first-order chi connectivity index (χ1) is 7.07. The van der Waals surface area contributed by atoms with Crippen molar-refractivity contribution in [3.8, 4) is 0 Å². The van der Waals surface area contributed by atoms with Crippen LogP contribution < -0.4 is 4.90 Å². The molecule has 0 radical (unpaired) electrons. The maximum atomic E-state index is 11.1. The monoisotopic (exact) mass is 208 g/mol. The first-order valence-electron chi connectivity index (χ1n) is 4.93. The molecule has 0 aliphatic rings. The van der Waals surface area contributed by atoms with Gasteiger partial charge in [0.2, 0.25) is 0 Å². The van der Waals surface area contributed by atoms with Crippen LogP contribution in [0.5, 0.6) is 0 Å². The molecule has 0 fully saturated rings. The molecule has 0 saturated carbocycles. The predicted molar refractivity (Wildman–Crippen MR) is 59.2 cm³/mol. The average molecular weight is 208 g/mol. The van der Waals surface area contributed by atoms with Gasteiger partial charge in [0.25, 0.3) is 0 Å². The second kappa shape index (κ2) is 4.77. The Hall–Kier alpha value is -1.58. The highest BCUT2D eigenvalue weighted by Gasteiger charge is 2.21. The van der Waals surface area contributed by atoms with Crippen molar-refractivity contribution in [2.75, 3.05) is 19.0 Å². The molecule has 4 heteroatoms. The molecule has 1 atom stereocenters. The lowest BCUT2D eigenvalue weighted by Gasteiger charge is -2.19. The zero-order valence-corrected chi connectivity index (χ0v) is 9.27. The molecule has 0 aromatic carbocycles. The standard InChI is InChI=1S/C11H16N2O2/c1-4-8(11(14)15)9-6-5-7-12-10(9)13(2)3/h5-8H,4H2,1-3H3,(H,14,15). The molecule has 1 aromatic heterocycles. The molecule has 4 nitrogen and oxygen atoms in total. The molecule has 0 amide bonds. The number of hydrogen-bond donors (Lipinski definition) is 1. The first-order valence-corrected chi connectivity index (χ1v) is 4.93. The SMILES string of the molecule is CCC(C(=O)O)c1cccnc1N(C)C. The van der Waals surface area contributed by atoms with E-state index < -0.39 is 11.9 Å². The lowest BCUT2D eigenvalue weighted by atomic mass is 9.97. The van der Waals surface area contributed by atoms with Crippen molar-refractivity contribution in [2.45, 2.75) is 19.3 Å². The maximum Gasteiger partial charge on any atom is 0.311 e. The third-order valence-electron chi connectivity index (χ3n) is 2.32. The van der Waals surface area contributed by atoms with Gasteiger partial charge in [-0.25, -0.2) is 4.98 Å². The van der Waals surface area contributed by atoms with Gasteiger partial charge in [-0.3, -0.25) is 4.79 Å². The number of carbonyl (C=O) groups is 1. The summed E-state index contributed by atoms with van der Waals surface area (Å²) in [6.45, 7) is 1.87. The summed E-state index contributed by atoms with van der Waals surface area (Å²) in [5, 5.41) is 9.09. The highest BCUT2D eigenvalue weighted by Crippen LogP contribution is 2.26. The van der Waals surface area contributed by atoms with Crippen molar-refractivity contribution in [3.63, 3.8) is 0 Å². The smallest absolute Gasteiger partial charge is 0.311 e. The lowest BCUT2D eigenvalue weighted by molar-refractivity contribution is -0.138. The van der Waals surface area contributed by atoms with Gasteiger partial charge in [-0.2, -0.15) is 0 Å². The summed E-state index contributed by atoms with van der Waals surface area (Å²) in [5.74, 6) is -0.545. The minimum Gasteiger partial charge on any atom is -0.481 e.